The van der Waals surface area contributed by atoms with Crippen LogP contribution in [0.5, 0.6) is 0 Å². The van der Waals surface area contributed by atoms with Crippen LogP contribution in [0.3, 0.4) is 0 Å². The van der Waals surface area contributed by atoms with Crippen molar-refractivity contribution in [2.75, 3.05) is 0 Å². The van der Waals surface area contributed by atoms with Gasteiger partial charge in [0.2, 0.25) is 0 Å². The predicted molar refractivity (Wildman–Crippen MR) is 65.3 cm³/mol. The smallest absolute Gasteiger partial charge is 0.322 e. The molecule has 0 bridgehead atoms. The van der Waals surface area contributed by atoms with Gasteiger partial charge in [-0.15, -0.1) is 0 Å². The summed E-state index contributed by atoms with van der Waals surface area (Å²) in [5.74, 6) is 0. The Morgan fingerprint density at radius 1 is 1.26 bits per heavy atom. The molecule has 0 spiro atoms. The van der Waals surface area contributed by atoms with Crippen LogP contribution in [-0.2, 0) is 12.7 Å². The number of nitrogens with two attached hydrogens (primary N) is 1. The third-order valence-corrected chi connectivity index (χ3v) is 2.96. The van der Waals surface area contributed by atoms with Gasteiger partial charge >= 0.3 is 6.18 Å². The summed E-state index contributed by atoms with van der Waals surface area (Å²) < 4.78 is 40.3. The van der Waals surface area contributed by atoms with E-state index in [1.807, 2.05) is 6.92 Å². The van der Waals surface area contributed by atoms with Crippen LogP contribution >= 0.6 is 0 Å². The van der Waals surface area contributed by atoms with Crippen LogP contribution in [0.4, 0.5) is 13.2 Å². The molecule has 1 unspecified atom stereocenters. The summed E-state index contributed by atoms with van der Waals surface area (Å²) in [7, 11) is 0. The van der Waals surface area contributed by atoms with E-state index in [0.717, 1.165) is 11.8 Å². The van der Waals surface area contributed by atoms with Gasteiger partial charge in [0.25, 0.3) is 0 Å². The number of hydrogen-bond acceptors (Lipinski definition) is 2. The maximum Gasteiger partial charge on any atom is 0.416 e. The third-order valence-electron chi connectivity index (χ3n) is 2.96. The van der Waals surface area contributed by atoms with Crippen LogP contribution in [0.2, 0.25) is 0 Å². The molecular formula is C13H14F3N3. The predicted octanol–water partition coefficient (Wildman–Crippen LogP) is 2.91. The summed E-state index contributed by atoms with van der Waals surface area (Å²) in [5.41, 5.74) is 6.15. The fourth-order valence-corrected chi connectivity index (χ4v) is 1.95. The molecule has 6 heteroatoms. The van der Waals surface area contributed by atoms with Gasteiger partial charge in [-0.2, -0.15) is 18.3 Å². The SMILES string of the molecule is Cc1ccnn1CC(N)c1ccccc1C(F)(F)F. The van der Waals surface area contributed by atoms with E-state index < -0.39 is 17.8 Å². The normalized spacial score (nSPS) is 13.5. The maximum atomic E-state index is 12.9. The number of nitrogens with zero attached hydrogens (tertiary/aromatic N) is 2. The molecule has 2 aromatic rings. The number of hydrogen-bond donors (Lipinski definition) is 1. The first kappa shape index (κ1) is 13.6. The number of alkyl halides is 3. The molecule has 1 aromatic carbocycles. The Balaban J connectivity index is 2.29. The van der Waals surface area contributed by atoms with Crippen molar-refractivity contribution >= 4 is 0 Å². The van der Waals surface area contributed by atoms with Crippen LogP contribution in [0.25, 0.3) is 0 Å². The average molecular weight is 269 g/mol. The van der Waals surface area contributed by atoms with E-state index in [1.54, 1.807) is 23.0 Å². The molecule has 0 amide bonds. The lowest BCUT2D eigenvalue weighted by atomic mass is 10.0. The second-order valence-corrected chi connectivity index (χ2v) is 4.35. The summed E-state index contributed by atoms with van der Waals surface area (Å²) in [6, 6.07) is 6.40. The van der Waals surface area contributed by atoms with Crippen molar-refractivity contribution in [3.8, 4) is 0 Å². The minimum atomic E-state index is -4.40. The number of benzene rings is 1. The van der Waals surface area contributed by atoms with Crippen LogP contribution in [0, 0.1) is 6.92 Å². The highest BCUT2D eigenvalue weighted by molar-refractivity contribution is 5.32. The quantitative estimate of drug-likeness (QED) is 0.931. The van der Waals surface area contributed by atoms with Crippen LogP contribution in [0.1, 0.15) is 22.9 Å². The maximum absolute atomic E-state index is 12.9. The molecular weight excluding hydrogens is 255 g/mol. The monoisotopic (exact) mass is 269 g/mol. The van der Waals surface area contributed by atoms with E-state index in [-0.39, 0.29) is 12.1 Å². The van der Waals surface area contributed by atoms with Crippen molar-refractivity contribution < 1.29 is 13.2 Å². The van der Waals surface area contributed by atoms with Crippen LogP contribution in [0.15, 0.2) is 36.5 Å². The van der Waals surface area contributed by atoms with Crippen molar-refractivity contribution in [2.45, 2.75) is 25.7 Å². The third kappa shape index (κ3) is 2.96. The Morgan fingerprint density at radius 3 is 2.53 bits per heavy atom. The second kappa shape index (κ2) is 5.05. The Morgan fingerprint density at radius 2 is 1.95 bits per heavy atom. The van der Waals surface area contributed by atoms with Crippen molar-refractivity contribution in [3.63, 3.8) is 0 Å². The summed E-state index contributed by atoms with van der Waals surface area (Å²) in [6.07, 6.45) is -2.80. The van der Waals surface area contributed by atoms with Gasteiger partial charge < -0.3 is 5.73 Å². The van der Waals surface area contributed by atoms with E-state index in [2.05, 4.69) is 5.10 Å². The number of aryl methyl sites for hydroxylation is 1. The van der Waals surface area contributed by atoms with Crippen molar-refractivity contribution in [1.29, 1.82) is 0 Å². The summed E-state index contributed by atoms with van der Waals surface area (Å²) in [5, 5.41) is 4.03. The minimum absolute atomic E-state index is 0.0879. The molecule has 19 heavy (non-hydrogen) atoms. The van der Waals surface area contributed by atoms with Gasteiger partial charge in [-0.05, 0) is 24.6 Å². The first-order valence-electron chi connectivity index (χ1n) is 5.79. The zero-order valence-corrected chi connectivity index (χ0v) is 10.4. The van der Waals surface area contributed by atoms with Gasteiger partial charge in [-0.1, -0.05) is 18.2 Å². The zero-order chi connectivity index (χ0) is 14.0. The molecule has 0 aliphatic carbocycles. The number of aromatic nitrogens is 2. The first-order chi connectivity index (χ1) is 8.89. The Kier molecular flexibility index (Phi) is 3.61. The molecule has 0 radical (unpaired) electrons. The highest BCUT2D eigenvalue weighted by Crippen LogP contribution is 2.34. The molecule has 0 aliphatic heterocycles. The minimum Gasteiger partial charge on any atom is -0.322 e. The molecule has 102 valence electrons. The molecule has 1 heterocycles. The standard InChI is InChI=1S/C13H14F3N3/c1-9-6-7-18-19(9)8-12(17)10-4-2-3-5-11(10)13(14,15)16/h2-7,12H,8,17H2,1H3. The topological polar surface area (TPSA) is 43.8 Å². The van der Waals surface area contributed by atoms with Gasteiger partial charge in [0.05, 0.1) is 18.2 Å². The van der Waals surface area contributed by atoms with Gasteiger partial charge in [-0.3, -0.25) is 4.68 Å². The number of halogens is 3. The second-order valence-electron chi connectivity index (χ2n) is 4.35. The molecule has 0 saturated heterocycles. The van der Waals surface area contributed by atoms with Crippen LogP contribution in [-0.4, -0.2) is 9.78 Å². The largest absolute Gasteiger partial charge is 0.416 e. The zero-order valence-electron chi connectivity index (χ0n) is 10.4. The van der Waals surface area contributed by atoms with Crippen LogP contribution < -0.4 is 5.73 Å². The van der Waals surface area contributed by atoms with Gasteiger partial charge in [-0.25, -0.2) is 0 Å². The Bertz CT molecular complexity index is 560. The van der Waals surface area contributed by atoms with Gasteiger partial charge in [0.15, 0.2) is 0 Å². The number of rotatable bonds is 3. The molecule has 0 saturated carbocycles. The Labute approximate surface area is 108 Å². The van der Waals surface area contributed by atoms with E-state index in [0.29, 0.717) is 0 Å². The molecule has 1 atom stereocenters. The fourth-order valence-electron chi connectivity index (χ4n) is 1.95. The molecule has 2 N–H and O–H groups in total. The van der Waals surface area contributed by atoms with E-state index in [9.17, 15) is 13.2 Å². The molecule has 1 aromatic heterocycles. The van der Waals surface area contributed by atoms with E-state index in [1.165, 1.54) is 12.1 Å². The average Bonchev–Trinajstić information content (AvgIpc) is 2.74. The van der Waals surface area contributed by atoms with E-state index >= 15 is 0 Å². The van der Waals surface area contributed by atoms with E-state index in [4.69, 9.17) is 5.73 Å². The van der Waals surface area contributed by atoms with Crippen molar-refractivity contribution in [2.24, 2.45) is 5.73 Å². The summed E-state index contributed by atoms with van der Waals surface area (Å²) >= 11 is 0. The van der Waals surface area contributed by atoms with Crippen molar-refractivity contribution in [3.05, 3.63) is 53.3 Å². The summed E-state index contributed by atoms with van der Waals surface area (Å²) in [6.45, 7) is 2.04. The Hall–Kier alpha value is -1.82. The van der Waals surface area contributed by atoms with Gasteiger partial charge in [0.1, 0.15) is 0 Å². The van der Waals surface area contributed by atoms with Crippen molar-refractivity contribution in [1.82, 2.24) is 9.78 Å². The lowest BCUT2D eigenvalue weighted by Gasteiger charge is -2.18. The highest BCUT2D eigenvalue weighted by Gasteiger charge is 2.34. The molecule has 0 aliphatic rings. The van der Waals surface area contributed by atoms with Gasteiger partial charge in [0, 0.05) is 11.9 Å². The summed E-state index contributed by atoms with van der Waals surface area (Å²) in [4.78, 5) is 0. The lowest BCUT2D eigenvalue weighted by molar-refractivity contribution is -0.138. The fraction of sp³-hybridized carbons (Fsp3) is 0.308. The molecule has 2 rings (SSSR count). The molecule has 0 fully saturated rings. The highest BCUT2D eigenvalue weighted by atomic mass is 19.4. The first-order valence-corrected chi connectivity index (χ1v) is 5.79. The molecule has 3 nitrogen and oxygen atoms in total. The lowest BCUT2D eigenvalue weighted by Crippen LogP contribution is -2.22.